The van der Waals surface area contributed by atoms with Crippen LogP contribution in [0.1, 0.15) is 22.5 Å². The summed E-state index contributed by atoms with van der Waals surface area (Å²) in [4.78, 5) is 16.5. The van der Waals surface area contributed by atoms with Gasteiger partial charge in [-0.05, 0) is 49.7 Å². The fourth-order valence-electron chi connectivity index (χ4n) is 2.69. The molecule has 23 heavy (non-hydrogen) atoms. The highest BCUT2D eigenvalue weighted by molar-refractivity contribution is 5.94. The quantitative estimate of drug-likeness (QED) is 0.853. The molecule has 0 atom stereocenters. The molecule has 2 aromatic rings. The highest BCUT2D eigenvalue weighted by Crippen LogP contribution is 2.15. The van der Waals surface area contributed by atoms with Crippen LogP contribution in [-0.4, -0.2) is 47.2 Å². The fraction of sp³-hybridized carbons (Fsp3) is 0.353. The third-order valence-electron chi connectivity index (χ3n) is 3.98. The smallest absolute Gasteiger partial charge is 0.253 e. The van der Waals surface area contributed by atoms with Crippen molar-refractivity contribution >= 4 is 11.7 Å². The predicted octanol–water partition coefficient (Wildman–Crippen LogP) is 2.28. The largest absolute Gasteiger partial charge is 0.353 e. The Hall–Kier alpha value is -2.50. The Labute approximate surface area is 134 Å². The second-order valence-electron chi connectivity index (χ2n) is 5.67. The lowest BCUT2D eigenvalue weighted by atomic mass is 10.2. The van der Waals surface area contributed by atoms with E-state index in [1.165, 1.54) is 24.3 Å². The first kappa shape index (κ1) is 15.4. The Balaban J connectivity index is 1.67. The van der Waals surface area contributed by atoms with Crippen LogP contribution in [0.15, 0.2) is 36.4 Å². The minimum atomic E-state index is -0.332. The minimum Gasteiger partial charge on any atom is -0.353 e. The van der Waals surface area contributed by atoms with Crippen molar-refractivity contribution in [1.82, 2.24) is 15.1 Å². The number of halogens is 1. The molecule has 1 aromatic heterocycles. The van der Waals surface area contributed by atoms with Crippen LogP contribution in [0.3, 0.4) is 0 Å². The Morgan fingerprint density at radius 2 is 1.78 bits per heavy atom. The monoisotopic (exact) mass is 314 g/mol. The second-order valence-corrected chi connectivity index (χ2v) is 5.67. The first-order valence-corrected chi connectivity index (χ1v) is 7.73. The topological polar surface area (TPSA) is 49.3 Å². The van der Waals surface area contributed by atoms with Crippen LogP contribution in [0.2, 0.25) is 0 Å². The van der Waals surface area contributed by atoms with E-state index in [0.29, 0.717) is 25.2 Å². The molecule has 0 saturated carbocycles. The lowest BCUT2D eigenvalue weighted by Gasteiger charge is -2.22. The summed E-state index contributed by atoms with van der Waals surface area (Å²) in [6.07, 6.45) is 0.864. The number of hydrogen-bond donors (Lipinski definition) is 0. The van der Waals surface area contributed by atoms with E-state index in [-0.39, 0.29) is 11.7 Å². The summed E-state index contributed by atoms with van der Waals surface area (Å²) < 4.78 is 13.0. The highest BCUT2D eigenvalue weighted by atomic mass is 19.1. The van der Waals surface area contributed by atoms with E-state index >= 15 is 0 Å². The number of hydrogen-bond acceptors (Lipinski definition) is 4. The van der Waals surface area contributed by atoms with Gasteiger partial charge in [0.15, 0.2) is 5.82 Å². The first-order chi connectivity index (χ1) is 11.1. The Morgan fingerprint density at radius 3 is 2.48 bits per heavy atom. The van der Waals surface area contributed by atoms with E-state index in [9.17, 15) is 9.18 Å². The minimum absolute atomic E-state index is 0.0539. The number of rotatable bonds is 2. The van der Waals surface area contributed by atoms with Gasteiger partial charge in [-0.15, -0.1) is 5.10 Å². The van der Waals surface area contributed by atoms with E-state index in [1.807, 2.05) is 24.0 Å². The molecule has 6 heteroatoms. The van der Waals surface area contributed by atoms with Gasteiger partial charge in [-0.2, -0.15) is 5.10 Å². The normalized spacial score (nSPS) is 15.4. The molecule has 120 valence electrons. The van der Waals surface area contributed by atoms with Gasteiger partial charge in [-0.1, -0.05) is 0 Å². The molecule has 2 heterocycles. The number of nitrogens with zero attached hydrogens (tertiary/aromatic N) is 4. The van der Waals surface area contributed by atoms with Gasteiger partial charge in [-0.25, -0.2) is 4.39 Å². The molecular weight excluding hydrogens is 295 g/mol. The molecule has 1 aliphatic rings. The number of anilines is 1. The molecule has 0 N–H and O–H groups in total. The lowest BCUT2D eigenvalue weighted by Crippen LogP contribution is -2.35. The van der Waals surface area contributed by atoms with Gasteiger partial charge < -0.3 is 9.80 Å². The summed E-state index contributed by atoms with van der Waals surface area (Å²) >= 11 is 0. The molecule has 0 aliphatic carbocycles. The van der Waals surface area contributed by atoms with E-state index in [2.05, 4.69) is 15.1 Å². The number of benzene rings is 1. The second kappa shape index (κ2) is 6.73. The van der Waals surface area contributed by atoms with Crippen molar-refractivity contribution in [3.8, 4) is 0 Å². The van der Waals surface area contributed by atoms with Gasteiger partial charge in [0.25, 0.3) is 5.91 Å². The summed E-state index contributed by atoms with van der Waals surface area (Å²) in [5, 5.41) is 8.30. The molecule has 1 fully saturated rings. The third-order valence-corrected chi connectivity index (χ3v) is 3.98. The third kappa shape index (κ3) is 3.64. The predicted molar refractivity (Wildman–Crippen MR) is 85.9 cm³/mol. The van der Waals surface area contributed by atoms with Crippen molar-refractivity contribution in [1.29, 1.82) is 0 Å². The van der Waals surface area contributed by atoms with Gasteiger partial charge in [0.1, 0.15) is 5.82 Å². The molecule has 3 rings (SSSR count). The SMILES string of the molecule is Cc1ccc(N2CCCN(C(=O)c3ccc(F)cc3)CC2)nn1. The van der Waals surface area contributed by atoms with Crippen LogP contribution in [0, 0.1) is 12.7 Å². The van der Waals surface area contributed by atoms with Crippen LogP contribution in [0.4, 0.5) is 10.2 Å². The van der Waals surface area contributed by atoms with Gasteiger partial charge in [0, 0.05) is 31.7 Å². The number of aryl methyl sites for hydroxylation is 1. The Bertz CT molecular complexity index is 672. The Kier molecular flexibility index (Phi) is 4.50. The van der Waals surface area contributed by atoms with Gasteiger partial charge in [-0.3, -0.25) is 4.79 Å². The molecule has 0 radical (unpaired) electrons. The summed E-state index contributed by atoms with van der Waals surface area (Å²) in [5.41, 5.74) is 1.41. The first-order valence-electron chi connectivity index (χ1n) is 7.73. The number of aromatic nitrogens is 2. The zero-order valence-electron chi connectivity index (χ0n) is 13.1. The average molecular weight is 314 g/mol. The summed E-state index contributed by atoms with van der Waals surface area (Å²) in [6, 6.07) is 9.60. The summed E-state index contributed by atoms with van der Waals surface area (Å²) in [5.74, 6) is 0.454. The molecule has 1 aliphatic heterocycles. The fourth-order valence-corrected chi connectivity index (χ4v) is 2.69. The molecule has 5 nitrogen and oxygen atoms in total. The van der Waals surface area contributed by atoms with Crippen LogP contribution in [-0.2, 0) is 0 Å². The van der Waals surface area contributed by atoms with E-state index in [4.69, 9.17) is 0 Å². The van der Waals surface area contributed by atoms with Crippen molar-refractivity contribution in [2.75, 3.05) is 31.1 Å². The molecule has 1 aromatic carbocycles. The van der Waals surface area contributed by atoms with Crippen LogP contribution in [0.25, 0.3) is 0 Å². The summed E-state index contributed by atoms with van der Waals surface area (Å²) in [6.45, 7) is 4.76. The van der Waals surface area contributed by atoms with Crippen LogP contribution in [0.5, 0.6) is 0 Å². The van der Waals surface area contributed by atoms with Gasteiger partial charge >= 0.3 is 0 Å². The van der Waals surface area contributed by atoms with Crippen molar-refractivity contribution in [3.05, 3.63) is 53.5 Å². The Morgan fingerprint density at radius 1 is 1.00 bits per heavy atom. The maximum absolute atomic E-state index is 13.0. The number of carbonyl (C=O) groups excluding carboxylic acids is 1. The number of carbonyl (C=O) groups is 1. The van der Waals surface area contributed by atoms with Crippen molar-refractivity contribution in [2.45, 2.75) is 13.3 Å². The van der Waals surface area contributed by atoms with E-state index in [0.717, 1.165) is 24.5 Å². The zero-order chi connectivity index (χ0) is 16.2. The van der Waals surface area contributed by atoms with Crippen LogP contribution < -0.4 is 4.90 Å². The van der Waals surface area contributed by atoms with Crippen LogP contribution >= 0.6 is 0 Å². The molecule has 1 saturated heterocycles. The van der Waals surface area contributed by atoms with Crippen molar-refractivity contribution in [3.63, 3.8) is 0 Å². The molecule has 0 unspecified atom stereocenters. The molecule has 0 bridgehead atoms. The van der Waals surface area contributed by atoms with E-state index < -0.39 is 0 Å². The molecular formula is C17H19FN4O. The average Bonchev–Trinajstić information content (AvgIpc) is 2.82. The van der Waals surface area contributed by atoms with E-state index in [1.54, 1.807) is 0 Å². The number of amides is 1. The maximum atomic E-state index is 13.0. The van der Waals surface area contributed by atoms with Crippen molar-refractivity contribution < 1.29 is 9.18 Å². The summed E-state index contributed by atoms with van der Waals surface area (Å²) in [7, 11) is 0. The lowest BCUT2D eigenvalue weighted by molar-refractivity contribution is 0.0767. The van der Waals surface area contributed by atoms with Gasteiger partial charge in [0.2, 0.25) is 0 Å². The maximum Gasteiger partial charge on any atom is 0.253 e. The standard InChI is InChI=1S/C17H19FN4O/c1-13-3-8-16(20-19-13)21-9-2-10-22(12-11-21)17(23)14-4-6-15(18)7-5-14/h3-8H,2,9-12H2,1H3. The highest BCUT2D eigenvalue weighted by Gasteiger charge is 2.21. The molecule has 1 amide bonds. The van der Waals surface area contributed by atoms with Crippen molar-refractivity contribution in [2.24, 2.45) is 0 Å². The molecule has 0 spiro atoms. The van der Waals surface area contributed by atoms with Gasteiger partial charge in [0.05, 0.1) is 5.69 Å². The zero-order valence-corrected chi connectivity index (χ0v) is 13.1.